The van der Waals surface area contributed by atoms with E-state index in [1.165, 1.54) is 11.1 Å². The summed E-state index contributed by atoms with van der Waals surface area (Å²) in [5, 5.41) is 1.97. The van der Waals surface area contributed by atoms with Gasteiger partial charge in [-0.15, -0.1) is 0 Å². The van der Waals surface area contributed by atoms with Crippen LogP contribution in [-0.4, -0.2) is 31.0 Å². The number of ether oxygens (including phenoxy) is 1. The van der Waals surface area contributed by atoms with Gasteiger partial charge in [0.25, 0.3) is 5.91 Å². The molecule has 3 rings (SSSR count). The standard InChI is InChI=1S/C23H25NO2/c1-5-24(6-2)23(25)22-20-13-11-18(17-9-7-16(3)8-10-17)15-19(20)12-14-21(22)26-4/h7-15H,5-6H2,1-4H3. The van der Waals surface area contributed by atoms with Crippen LogP contribution in [0.3, 0.4) is 0 Å². The van der Waals surface area contributed by atoms with Gasteiger partial charge in [0, 0.05) is 13.1 Å². The lowest BCUT2D eigenvalue weighted by Gasteiger charge is -2.21. The van der Waals surface area contributed by atoms with Crippen LogP contribution in [0.5, 0.6) is 5.75 Å². The number of rotatable bonds is 5. The van der Waals surface area contributed by atoms with Crippen LogP contribution in [-0.2, 0) is 0 Å². The van der Waals surface area contributed by atoms with Crippen molar-refractivity contribution in [2.24, 2.45) is 0 Å². The fraction of sp³-hybridized carbons (Fsp3) is 0.261. The maximum Gasteiger partial charge on any atom is 0.258 e. The zero-order chi connectivity index (χ0) is 18.7. The molecule has 0 aromatic heterocycles. The highest BCUT2D eigenvalue weighted by Crippen LogP contribution is 2.32. The smallest absolute Gasteiger partial charge is 0.258 e. The van der Waals surface area contributed by atoms with Crippen molar-refractivity contribution >= 4 is 16.7 Å². The summed E-state index contributed by atoms with van der Waals surface area (Å²) < 4.78 is 5.49. The van der Waals surface area contributed by atoms with Crippen LogP contribution in [0.15, 0.2) is 54.6 Å². The van der Waals surface area contributed by atoms with Crippen molar-refractivity contribution in [1.29, 1.82) is 0 Å². The Bertz CT molecular complexity index is 925. The highest BCUT2D eigenvalue weighted by atomic mass is 16.5. The van der Waals surface area contributed by atoms with E-state index < -0.39 is 0 Å². The normalized spacial score (nSPS) is 10.8. The number of amides is 1. The number of fused-ring (bicyclic) bond motifs is 1. The number of methoxy groups -OCH3 is 1. The Morgan fingerprint density at radius 2 is 1.58 bits per heavy atom. The first kappa shape index (κ1) is 18.0. The number of carbonyl (C=O) groups is 1. The van der Waals surface area contributed by atoms with E-state index in [9.17, 15) is 4.79 Å². The average Bonchev–Trinajstić information content (AvgIpc) is 2.68. The van der Waals surface area contributed by atoms with Gasteiger partial charge in [-0.05, 0) is 54.8 Å². The Balaban J connectivity index is 2.15. The van der Waals surface area contributed by atoms with Crippen LogP contribution in [0, 0.1) is 6.92 Å². The van der Waals surface area contributed by atoms with Gasteiger partial charge in [0.05, 0.1) is 12.7 Å². The van der Waals surface area contributed by atoms with Crippen LogP contribution < -0.4 is 4.74 Å². The molecular formula is C23H25NO2. The quantitative estimate of drug-likeness (QED) is 0.626. The summed E-state index contributed by atoms with van der Waals surface area (Å²) in [5.74, 6) is 0.637. The minimum absolute atomic E-state index is 0.0144. The minimum Gasteiger partial charge on any atom is -0.496 e. The summed E-state index contributed by atoms with van der Waals surface area (Å²) in [7, 11) is 1.61. The first-order chi connectivity index (χ1) is 12.6. The minimum atomic E-state index is 0.0144. The van der Waals surface area contributed by atoms with Crippen molar-refractivity contribution in [2.75, 3.05) is 20.2 Å². The van der Waals surface area contributed by atoms with Crippen molar-refractivity contribution < 1.29 is 9.53 Å². The summed E-state index contributed by atoms with van der Waals surface area (Å²) in [6.07, 6.45) is 0. The predicted molar refractivity (Wildman–Crippen MR) is 108 cm³/mol. The molecule has 26 heavy (non-hydrogen) atoms. The van der Waals surface area contributed by atoms with Gasteiger partial charge < -0.3 is 9.64 Å². The van der Waals surface area contributed by atoms with E-state index in [0.717, 1.165) is 16.3 Å². The Hall–Kier alpha value is -2.81. The molecule has 0 atom stereocenters. The summed E-state index contributed by atoms with van der Waals surface area (Å²) in [4.78, 5) is 14.9. The lowest BCUT2D eigenvalue weighted by atomic mass is 9.97. The first-order valence-electron chi connectivity index (χ1n) is 9.06. The van der Waals surface area contributed by atoms with Crippen molar-refractivity contribution in [2.45, 2.75) is 20.8 Å². The van der Waals surface area contributed by atoms with Crippen molar-refractivity contribution in [3.63, 3.8) is 0 Å². The summed E-state index contributed by atoms with van der Waals surface area (Å²) in [6, 6.07) is 18.6. The van der Waals surface area contributed by atoms with Gasteiger partial charge in [-0.1, -0.05) is 48.0 Å². The number of hydrogen-bond donors (Lipinski definition) is 0. The van der Waals surface area contributed by atoms with Gasteiger partial charge in [0.1, 0.15) is 5.75 Å². The third-order valence-corrected chi connectivity index (χ3v) is 4.85. The van der Waals surface area contributed by atoms with Crippen LogP contribution in [0.25, 0.3) is 21.9 Å². The van der Waals surface area contributed by atoms with Crippen LogP contribution in [0.2, 0.25) is 0 Å². The van der Waals surface area contributed by atoms with Gasteiger partial charge in [0.15, 0.2) is 0 Å². The lowest BCUT2D eigenvalue weighted by Crippen LogP contribution is -2.30. The Morgan fingerprint density at radius 3 is 2.19 bits per heavy atom. The maximum atomic E-state index is 13.0. The molecule has 134 valence electrons. The van der Waals surface area contributed by atoms with E-state index in [1.54, 1.807) is 7.11 Å². The Morgan fingerprint density at radius 1 is 0.923 bits per heavy atom. The summed E-state index contributed by atoms with van der Waals surface area (Å²) in [6.45, 7) is 7.43. The number of benzene rings is 3. The molecule has 3 aromatic rings. The predicted octanol–water partition coefficient (Wildman–Crippen LogP) is 5.31. The molecule has 0 saturated heterocycles. The molecule has 0 bridgehead atoms. The van der Waals surface area contributed by atoms with E-state index in [0.29, 0.717) is 24.4 Å². The first-order valence-corrected chi connectivity index (χ1v) is 9.06. The third kappa shape index (κ3) is 3.30. The highest BCUT2D eigenvalue weighted by molar-refractivity contribution is 6.10. The molecular weight excluding hydrogens is 322 g/mol. The third-order valence-electron chi connectivity index (χ3n) is 4.85. The van der Waals surface area contributed by atoms with E-state index in [1.807, 2.05) is 36.9 Å². The van der Waals surface area contributed by atoms with Gasteiger partial charge >= 0.3 is 0 Å². The molecule has 0 aliphatic carbocycles. The molecule has 0 fully saturated rings. The zero-order valence-electron chi connectivity index (χ0n) is 15.9. The lowest BCUT2D eigenvalue weighted by molar-refractivity contribution is 0.0771. The topological polar surface area (TPSA) is 29.5 Å². The van der Waals surface area contributed by atoms with E-state index in [-0.39, 0.29) is 5.91 Å². The average molecular weight is 347 g/mol. The fourth-order valence-electron chi connectivity index (χ4n) is 3.30. The second-order valence-electron chi connectivity index (χ2n) is 6.42. The molecule has 0 spiro atoms. The largest absolute Gasteiger partial charge is 0.496 e. The van der Waals surface area contributed by atoms with Gasteiger partial charge in [-0.2, -0.15) is 0 Å². The number of carbonyl (C=O) groups excluding carboxylic acids is 1. The second-order valence-corrected chi connectivity index (χ2v) is 6.42. The van der Waals surface area contributed by atoms with Crippen LogP contribution in [0.1, 0.15) is 29.8 Å². The fourth-order valence-corrected chi connectivity index (χ4v) is 3.30. The molecule has 0 unspecified atom stereocenters. The molecule has 3 aromatic carbocycles. The van der Waals surface area contributed by atoms with Gasteiger partial charge in [-0.3, -0.25) is 4.79 Å². The van der Waals surface area contributed by atoms with Crippen LogP contribution in [0.4, 0.5) is 0 Å². The van der Waals surface area contributed by atoms with E-state index in [2.05, 4.69) is 43.3 Å². The van der Waals surface area contributed by atoms with E-state index >= 15 is 0 Å². The van der Waals surface area contributed by atoms with E-state index in [4.69, 9.17) is 4.74 Å². The number of aryl methyl sites for hydroxylation is 1. The van der Waals surface area contributed by atoms with Crippen molar-refractivity contribution in [1.82, 2.24) is 4.90 Å². The summed E-state index contributed by atoms with van der Waals surface area (Å²) >= 11 is 0. The Labute approximate surface area is 155 Å². The van der Waals surface area contributed by atoms with Crippen LogP contribution >= 0.6 is 0 Å². The molecule has 0 radical (unpaired) electrons. The van der Waals surface area contributed by atoms with Gasteiger partial charge in [0.2, 0.25) is 0 Å². The SMILES string of the molecule is CCN(CC)C(=O)c1c(OC)ccc2cc(-c3ccc(C)cc3)ccc12. The molecule has 0 saturated carbocycles. The molecule has 0 N–H and O–H groups in total. The van der Waals surface area contributed by atoms with Crippen molar-refractivity contribution in [3.05, 3.63) is 65.7 Å². The number of nitrogens with zero attached hydrogens (tertiary/aromatic N) is 1. The summed E-state index contributed by atoms with van der Waals surface area (Å²) in [5.41, 5.74) is 4.20. The second kappa shape index (κ2) is 7.61. The Kier molecular flexibility index (Phi) is 5.27. The van der Waals surface area contributed by atoms with Crippen molar-refractivity contribution in [3.8, 4) is 16.9 Å². The maximum absolute atomic E-state index is 13.0. The molecule has 3 heteroatoms. The zero-order valence-corrected chi connectivity index (χ0v) is 15.9. The molecule has 0 heterocycles. The molecule has 3 nitrogen and oxygen atoms in total. The molecule has 0 aliphatic heterocycles. The highest BCUT2D eigenvalue weighted by Gasteiger charge is 2.20. The van der Waals surface area contributed by atoms with Gasteiger partial charge in [-0.25, -0.2) is 0 Å². The molecule has 1 amide bonds. The number of hydrogen-bond acceptors (Lipinski definition) is 2. The monoisotopic (exact) mass is 347 g/mol. The molecule has 0 aliphatic rings.